The molecule has 0 aliphatic heterocycles. The topological polar surface area (TPSA) is 68.6 Å². The average molecular weight is 288 g/mol. The summed E-state index contributed by atoms with van der Waals surface area (Å²) in [5.41, 5.74) is 0.637. The van der Waals surface area contributed by atoms with E-state index in [1.54, 1.807) is 17.0 Å². The van der Waals surface area contributed by atoms with Gasteiger partial charge in [0.05, 0.1) is 5.69 Å². The van der Waals surface area contributed by atoms with Gasteiger partial charge in [-0.1, -0.05) is 12.1 Å². The summed E-state index contributed by atoms with van der Waals surface area (Å²) in [7, 11) is 9.30. The van der Waals surface area contributed by atoms with Crippen LogP contribution in [0.3, 0.4) is 0 Å². The summed E-state index contributed by atoms with van der Waals surface area (Å²) in [5, 5.41) is 9.97. The molecule has 0 bridgehead atoms. The largest absolute Gasteiger partial charge is 0.506 e. The fourth-order valence-corrected chi connectivity index (χ4v) is 1.75. The van der Waals surface area contributed by atoms with Gasteiger partial charge in [0, 0.05) is 35.2 Å². The zero-order valence-corrected chi connectivity index (χ0v) is 12.9. The van der Waals surface area contributed by atoms with Crippen LogP contribution < -0.4 is 14.7 Å². The molecule has 2 aromatic rings. The summed E-state index contributed by atoms with van der Waals surface area (Å²) in [6, 6.07) is 7.07. The number of phenolic OH excluding ortho intramolecular Hbond substituents is 1. The van der Waals surface area contributed by atoms with Gasteiger partial charge in [-0.15, -0.1) is 0 Å². The number of anilines is 4. The van der Waals surface area contributed by atoms with Crippen LogP contribution in [-0.4, -0.2) is 55.3 Å². The van der Waals surface area contributed by atoms with E-state index in [4.69, 9.17) is 0 Å². The molecule has 0 aliphatic rings. The standard InChI is InChI=1S/C14H20N6O/c1-18(2)12-15-13(19(3)4)17-14(16-12)20(5)10-8-6-7-9-11(10)21/h6-9,21H,1-5H3. The van der Waals surface area contributed by atoms with Crippen LogP contribution in [0.25, 0.3) is 0 Å². The predicted molar refractivity (Wildman–Crippen MR) is 84.7 cm³/mol. The SMILES string of the molecule is CN(C)c1nc(N(C)C)nc(N(C)c2ccccc2O)n1. The van der Waals surface area contributed by atoms with Crippen molar-refractivity contribution in [1.29, 1.82) is 0 Å². The maximum absolute atomic E-state index is 9.97. The molecule has 21 heavy (non-hydrogen) atoms. The van der Waals surface area contributed by atoms with Crippen molar-refractivity contribution in [2.45, 2.75) is 0 Å². The van der Waals surface area contributed by atoms with E-state index >= 15 is 0 Å². The van der Waals surface area contributed by atoms with E-state index in [0.29, 0.717) is 23.5 Å². The Labute approximate surface area is 124 Å². The van der Waals surface area contributed by atoms with Crippen LogP contribution in [0.4, 0.5) is 23.5 Å². The maximum Gasteiger partial charge on any atom is 0.236 e. The van der Waals surface area contributed by atoms with Crippen molar-refractivity contribution in [2.24, 2.45) is 0 Å². The molecule has 0 radical (unpaired) electrons. The lowest BCUT2D eigenvalue weighted by Gasteiger charge is -2.22. The third-order valence-corrected chi connectivity index (χ3v) is 2.94. The number of hydrogen-bond donors (Lipinski definition) is 1. The predicted octanol–water partition coefficient (Wildman–Crippen LogP) is 1.48. The number of para-hydroxylation sites is 2. The van der Waals surface area contributed by atoms with Crippen LogP contribution >= 0.6 is 0 Å². The summed E-state index contributed by atoms with van der Waals surface area (Å²) in [4.78, 5) is 18.6. The smallest absolute Gasteiger partial charge is 0.236 e. The van der Waals surface area contributed by atoms with E-state index in [2.05, 4.69) is 15.0 Å². The number of rotatable bonds is 4. The molecule has 2 rings (SSSR count). The second-order valence-electron chi connectivity index (χ2n) is 5.07. The van der Waals surface area contributed by atoms with Crippen LogP contribution in [-0.2, 0) is 0 Å². The minimum atomic E-state index is 0.179. The number of aromatic hydroxyl groups is 1. The molecule has 112 valence electrons. The third kappa shape index (κ3) is 3.13. The molecule has 1 N–H and O–H groups in total. The first-order valence-corrected chi connectivity index (χ1v) is 6.52. The Hall–Kier alpha value is -2.57. The van der Waals surface area contributed by atoms with E-state index in [0.717, 1.165) is 0 Å². The van der Waals surface area contributed by atoms with Crippen molar-refractivity contribution < 1.29 is 5.11 Å². The molecule has 0 unspecified atom stereocenters. The summed E-state index contributed by atoms with van der Waals surface area (Å²) in [6.45, 7) is 0. The first kappa shape index (κ1) is 14.8. The lowest BCUT2D eigenvalue weighted by Crippen LogP contribution is -2.22. The fraction of sp³-hybridized carbons (Fsp3) is 0.357. The summed E-state index contributed by atoms with van der Waals surface area (Å²) in [5.74, 6) is 1.77. The van der Waals surface area contributed by atoms with Gasteiger partial charge in [-0.25, -0.2) is 0 Å². The minimum Gasteiger partial charge on any atom is -0.506 e. The Bertz CT molecular complexity index is 602. The van der Waals surface area contributed by atoms with Crippen LogP contribution in [0.5, 0.6) is 5.75 Å². The molecule has 0 spiro atoms. The molecule has 7 nitrogen and oxygen atoms in total. The first-order chi connectivity index (χ1) is 9.90. The molecule has 0 saturated heterocycles. The van der Waals surface area contributed by atoms with Gasteiger partial charge in [0.1, 0.15) is 5.75 Å². The Morgan fingerprint density at radius 2 is 1.24 bits per heavy atom. The van der Waals surface area contributed by atoms with Crippen LogP contribution in [0.2, 0.25) is 0 Å². The van der Waals surface area contributed by atoms with Crippen molar-refractivity contribution in [3.8, 4) is 5.75 Å². The first-order valence-electron chi connectivity index (χ1n) is 6.52. The van der Waals surface area contributed by atoms with E-state index in [-0.39, 0.29) is 5.75 Å². The Kier molecular flexibility index (Phi) is 4.11. The van der Waals surface area contributed by atoms with Gasteiger partial charge >= 0.3 is 0 Å². The van der Waals surface area contributed by atoms with E-state index in [1.165, 1.54) is 0 Å². The number of aromatic nitrogens is 3. The van der Waals surface area contributed by atoms with Gasteiger partial charge in [-0.2, -0.15) is 15.0 Å². The highest BCUT2D eigenvalue weighted by atomic mass is 16.3. The van der Waals surface area contributed by atoms with E-state index in [1.807, 2.05) is 57.2 Å². The van der Waals surface area contributed by atoms with Gasteiger partial charge < -0.3 is 19.8 Å². The van der Waals surface area contributed by atoms with Crippen molar-refractivity contribution >= 4 is 23.5 Å². The van der Waals surface area contributed by atoms with Crippen LogP contribution in [0.15, 0.2) is 24.3 Å². The van der Waals surface area contributed by atoms with E-state index < -0.39 is 0 Å². The van der Waals surface area contributed by atoms with E-state index in [9.17, 15) is 5.11 Å². The highest BCUT2D eigenvalue weighted by molar-refractivity contribution is 5.65. The molecular formula is C14H20N6O. The van der Waals surface area contributed by atoms with Crippen molar-refractivity contribution in [1.82, 2.24) is 15.0 Å². The zero-order chi connectivity index (χ0) is 15.6. The fourth-order valence-electron chi connectivity index (χ4n) is 1.75. The zero-order valence-electron chi connectivity index (χ0n) is 12.9. The molecule has 0 atom stereocenters. The average Bonchev–Trinajstić information content (AvgIpc) is 2.46. The third-order valence-electron chi connectivity index (χ3n) is 2.94. The molecule has 0 aliphatic carbocycles. The van der Waals surface area contributed by atoms with Crippen LogP contribution in [0.1, 0.15) is 0 Å². The Morgan fingerprint density at radius 1 is 0.762 bits per heavy atom. The molecule has 1 heterocycles. The minimum absolute atomic E-state index is 0.179. The van der Waals surface area contributed by atoms with Gasteiger partial charge in [0.2, 0.25) is 17.8 Å². The highest BCUT2D eigenvalue weighted by Crippen LogP contribution is 2.30. The van der Waals surface area contributed by atoms with Crippen LogP contribution in [0, 0.1) is 0 Å². The second kappa shape index (κ2) is 5.82. The number of benzene rings is 1. The number of nitrogens with zero attached hydrogens (tertiary/aromatic N) is 6. The normalized spacial score (nSPS) is 10.3. The van der Waals surface area contributed by atoms with Crippen molar-refractivity contribution in [3.63, 3.8) is 0 Å². The quantitative estimate of drug-likeness (QED) is 0.913. The van der Waals surface area contributed by atoms with Crippen molar-refractivity contribution in [2.75, 3.05) is 49.9 Å². The maximum atomic E-state index is 9.97. The molecule has 1 aromatic heterocycles. The van der Waals surface area contributed by atoms with Gasteiger partial charge in [0.15, 0.2) is 0 Å². The number of hydrogen-bond acceptors (Lipinski definition) is 7. The molecule has 1 aromatic carbocycles. The highest BCUT2D eigenvalue weighted by Gasteiger charge is 2.15. The monoisotopic (exact) mass is 288 g/mol. The van der Waals surface area contributed by atoms with Gasteiger partial charge in [-0.3, -0.25) is 0 Å². The summed E-state index contributed by atoms with van der Waals surface area (Å²) in [6.07, 6.45) is 0. The lowest BCUT2D eigenvalue weighted by atomic mass is 10.3. The van der Waals surface area contributed by atoms with Crippen molar-refractivity contribution in [3.05, 3.63) is 24.3 Å². The second-order valence-corrected chi connectivity index (χ2v) is 5.07. The number of phenols is 1. The molecular weight excluding hydrogens is 268 g/mol. The molecule has 0 fully saturated rings. The Balaban J connectivity index is 2.50. The summed E-state index contributed by atoms with van der Waals surface area (Å²) < 4.78 is 0. The van der Waals surface area contributed by atoms with Gasteiger partial charge in [0.25, 0.3) is 0 Å². The lowest BCUT2D eigenvalue weighted by molar-refractivity contribution is 0.476. The molecule has 0 amide bonds. The molecule has 7 heteroatoms. The van der Waals surface area contributed by atoms with Gasteiger partial charge in [-0.05, 0) is 12.1 Å². The Morgan fingerprint density at radius 3 is 1.71 bits per heavy atom. The summed E-state index contributed by atoms with van der Waals surface area (Å²) >= 11 is 0. The molecule has 0 saturated carbocycles.